The van der Waals surface area contributed by atoms with Crippen molar-refractivity contribution in [2.45, 2.75) is 12.7 Å². The van der Waals surface area contributed by atoms with Gasteiger partial charge in [-0.1, -0.05) is 29.5 Å². The van der Waals surface area contributed by atoms with Crippen LogP contribution in [-0.2, 0) is 17.8 Å². The Morgan fingerprint density at radius 1 is 1.00 bits per heavy atom. The van der Waals surface area contributed by atoms with Crippen molar-refractivity contribution in [3.8, 4) is 5.75 Å². The zero-order valence-electron chi connectivity index (χ0n) is 14.4. The Morgan fingerprint density at radius 2 is 1.70 bits per heavy atom. The first-order valence-electron chi connectivity index (χ1n) is 8.60. The minimum absolute atomic E-state index is 0.0593. The van der Waals surface area contributed by atoms with Crippen molar-refractivity contribution in [1.82, 2.24) is 9.88 Å². The summed E-state index contributed by atoms with van der Waals surface area (Å²) in [5, 5.41) is 12.7. The Labute approximate surface area is 158 Å². The highest BCUT2D eigenvalue weighted by molar-refractivity contribution is 7.22. The van der Waals surface area contributed by atoms with Crippen molar-refractivity contribution in [3.05, 3.63) is 53.6 Å². The van der Waals surface area contributed by atoms with E-state index in [-0.39, 0.29) is 5.75 Å². The molecule has 0 spiro atoms. The predicted molar refractivity (Wildman–Crippen MR) is 98.7 cm³/mol. The van der Waals surface area contributed by atoms with E-state index in [2.05, 4.69) is 14.8 Å². The number of thiazole rings is 1. The molecule has 0 bridgehead atoms. The van der Waals surface area contributed by atoms with E-state index in [1.54, 1.807) is 18.2 Å². The molecule has 1 radical (unpaired) electrons. The second-order valence-corrected chi connectivity index (χ2v) is 7.57. The molecule has 1 fully saturated rings. The van der Waals surface area contributed by atoms with Crippen LogP contribution in [0, 0.1) is 0 Å². The number of alkyl halides is 3. The number of hydrogen-bond acceptors (Lipinski definition) is 4. The third-order valence-electron chi connectivity index (χ3n) is 4.70. The number of rotatable bonds is 3. The van der Waals surface area contributed by atoms with Gasteiger partial charge < -0.3 is 4.90 Å². The molecule has 2 heterocycles. The molecular formula is C19H17F3N3OS. The van der Waals surface area contributed by atoms with Gasteiger partial charge in [-0.05, 0) is 29.8 Å². The third kappa shape index (κ3) is 3.86. The Morgan fingerprint density at radius 3 is 2.33 bits per heavy atom. The fraction of sp³-hybridized carbons (Fsp3) is 0.316. The molecular weight excluding hydrogens is 375 g/mol. The van der Waals surface area contributed by atoms with Crippen molar-refractivity contribution >= 4 is 26.7 Å². The summed E-state index contributed by atoms with van der Waals surface area (Å²) in [6.07, 6.45) is -4.30. The molecule has 4 rings (SSSR count). The standard InChI is InChI=1S/C19H17F3N3OS/c20-19(21,22)14-6-4-13(5-7-14)12-24-8-10-25(11-9-24)18-23-17-15(26)2-1-3-16(17)27-18/h1-7H,8-12H2. The van der Waals surface area contributed by atoms with E-state index in [4.69, 9.17) is 0 Å². The summed E-state index contributed by atoms with van der Waals surface area (Å²) in [4.78, 5) is 8.86. The van der Waals surface area contributed by atoms with Crippen LogP contribution in [0.2, 0.25) is 0 Å². The average Bonchev–Trinajstić information content (AvgIpc) is 3.08. The maximum atomic E-state index is 12.6. The summed E-state index contributed by atoms with van der Waals surface area (Å²) in [5.74, 6) is -0.0593. The molecule has 27 heavy (non-hydrogen) atoms. The highest BCUT2D eigenvalue weighted by Gasteiger charge is 2.30. The van der Waals surface area contributed by atoms with Gasteiger partial charge >= 0.3 is 6.18 Å². The van der Waals surface area contributed by atoms with Gasteiger partial charge in [0, 0.05) is 32.7 Å². The topological polar surface area (TPSA) is 39.3 Å². The third-order valence-corrected chi connectivity index (χ3v) is 5.78. The van der Waals surface area contributed by atoms with Crippen LogP contribution >= 0.6 is 11.3 Å². The van der Waals surface area contributed by atoms with Gasteiger partial charge in [-0.25, -0.2) is 4.98 Å². The number of hydrogen-bond donors (Lipinski definition) is 0. The zero-order valence-corrected chi connectivity index (χ0v) is 15.2. The molecule has 0 saturated carbocycles. The van der Waals surface area contributed by atoms with Gasteiger partial charge in [0.1, 0.15) is 5.52 Å². The smallest absolute Gasteiger partial charge is 0.345 e. The Bertz CT molecular complexity index is 932. The van der Waals surface area contributed by atoms with Crippen molar-refractivity contribution in [2.24, 2.45) is 0 Å². The van der Waals surface area contributed by atoms with Crippen LogP contribution in [0.15, 0.2) is 42.5 Å². The number of anilines is 1. The van der Waals surface area contributed by atoms with E-state index in [9.17, 15) is 18.3 Å². The molecule has 141 valence electrons. The molecule has 0 N–H and O–H groups in total. The molecule has 1 aromatic heterocycles. The van der Waals surface area contributed by atoms with E-state index in [1.807, 2.05) is 6.07 Å². The summed E-state index contributed by atoms with van der Waals surface area (Å²) in [5.41, 5.74) is 0.766. The van der Waals surface area contributed by atoms with Crippen molar-refractivity contribution in [1.29, 1.82) is 0 Å². The van der Waals surface area contributed by atoms with Crippen LogP contribution in [0.4, 0.5) is 18.3 Å². The van der Waals surface area contributed by atoms with Crippen LogP contribution in [0.1, 0.15) is 11.1 Å². The van der Waals surface area contributed by atoms with E-state index in [1.165, 1.54) is 17.4 Å². The van der Waals surface area contributed by atoms with E-state index >= 15 is 0 Å². The van der Waals surface area contributed by atoms with Gasteiger partial charge in [0.25, 0.3) is 0 Å². The van der Waals surface area contributed by atoms with Gasteiger partial charge in [0.2, 0.25) is 5.75 Å². The summed E-state index contributed by atoms with van der Waals surface area (Å²) in [6, 6.07) is 10.5. The maximum absolute atomic E-state index is 12.6. The first-order chi connectivity index (χ1) is 12.9. The van der Waals surface area contributed by atoms with Crippen LogP contribution in [0.25, 0.3) is 10.2 Å². The van der Waals surface area contributed by atoms with Crippen LogP contribution in [0.5, 0.6) is 5.75 Å². The predicted octanol–water partition coefficient (Wildman–Crippen LogP) is 4.78. The number of nitrogens with zero attached hydrogens (tertiary/aromatic N) is 3. The number of para-hydroxylation sites is 1. The molecule has 1 aliphatic rings. The quantitative estimate of drug-likeness (QED) is 0.644. The normalized spacial score (nSPS) is 16.2. The molecule has 8 heteroatoms. The van der Waals surface area contributed by atoms with Crippen molar-refractivity contribution in [2.75, 3.05) is 31.1 Å². The summed E-state index contributed by atoms with van der Waals surface area (Å²) in [6.45, 7) is 3.75. The van der Waals surface area contributed by atoms with Gasteiger partial charge in [-0.15, -0.1) is 0 Å². The number of halogens is 3. The first-order valence-corrected chi connectivity index (χ1v) is 9.42. The molecule has 0 atom stereocenters. The Balaban J connectivity index is 1.38. The van der Waals surface area contributed by atoms with E-state index in [0.29, 0.717) is 12.1 Å². The largest absolute Gasteiger partial charge is 0.416 e. The number of benzene rings is 2. The number of piperazine rings is 1. The summed E-state index contributed by atoms with van der Waals surface area (Å²) >= 11 is 1.52. The van der Waals surface area contributed by atoms with Gasteiger partial charge in [-0.2, -0.15) is 13.2 Å². The second kappa shape index (κ2) is 7.01. The van der Waals surface area contributed by atoms with Crippen LogP contribution in [-0.4, -0.2) is 36.1 Å². The Hall–Kier alpha value is -2.32. The number of aromatic nitrogens is 1. The van der Waals surface area contributed by atoms with Gasteiger partial charge in [0.15, 0.2) is 5.13 Å². The molecule has 2 aromatic carbocycles. The molecule has 0 aliphatic carbocycles. The Kier molecular flexibility index (Phi) is 4.69. The van der Waals surface area contributed by atoms with E-state index < -0.39 is 11.7 Å². The second-order valence-electron chi connectivity index (χ2n) is 6.56. The fourth-order valence-electron chi connectivity index (χ4n) is 3.20. The molecule has 0 unspecified atom stereocenters. The molecule has 0 amide bonds. The average molecular weight is 392 g/mol. The van der Waals surface area contributed by atoms with Crippen molar-refractivity contribution < 1.29 is 18.3 Å². The highest BCUT2D eigenvalue weighted by Crippen LogP contribution is 2.34. The monoisotopic (exact) mass is 392 g/mol. The fourth-order valence-corrected chi connectivity index (χ4v) is 4.24. The zero-order chi connectivity index (χ0) is 19.0. The van der Waals surface area contributed by atoms with Gasteiger partial charge in [-0.3, -0.25) is 10.0 Å². The summed E-state index contributed by atoms with van der Waals surface area (Å²) in [7, 11) is 0. The minimum Gasteiger partial charge on any atom is -0.345 e. The van der Waals surface area contributed by atoms with Crippen molar-refractivity contribution in [3.63, 3.8) is 0 Å². The highest BCUT2D eigenvalue weighted by atomic mass is 32.1. The minimum atomic E-state index is -4.30. The summed E-state index contributed by atoms with van der Waals surface area (Å²) < 4.78 is 38.8. The lowest BCUT2D eigenvalue weighted by atomic mass is 10.1. The van der Waals surface area contributed by atoms with Crippen LogP contribution in [0.3, 0.4) is 0 Å². The lowest BCUT2D eigenvalue weighted by Gasteiger charge is -2.34. The maximum Gasteiger partial charge on any atom is 0.416 e. The van der Waals surface area contributed by atoms with Gasteiger partial charge in [0.05, 0.1) is 10.3 Å². The molecule has 1 saturated heterocycles. The lowest BCUT2D eigenvalue weighted by Crippen LogP contribution is -2.45. The SMILES string of the molecule is [O]c1cccc2sc(N3CCN(Cc4ccc(C(F)(F)F)cc4)CC3)nc12. The van der Waals surface area contributed by atoms with Crippen LogP contribution < -0.4 is 4.90 Å². The molecule has 3 aromatic rings. The number of fused-ring (bicyclic) bond motifs is 1. The lowest BCUT2D eigenvalue weighted by molar-refractivity contribution is -0.137. The molecule has 4 nitrogen and oxygen atoms in total. The first kappa shape index (κ1) is 18.1. The van der Waals surface area contributed by atoms with E-state index in [0.717, 1.165) is 53.7 Å². The molecule has 1 aliphatic heterocycles.